The average Bonchev–Trinajstić information content (AvgIpc) is 2.38. The molecule has 1 saturated carbocycles. The number of aromatic nitrogens is 2. The summed E-state index contributed by atoms with van der Waals surface area (Å²) in [4.78, 5) is 33.2. The number of hydrogen-bond donors (Lipinski definition) is 2. The van der Waals surface area contributed by atoms with E-state index in [1.165, 1.54) is 0 Å². The van der Waals surface area contributed by atoms with E-state index in [0.717, 1.165) is 18.5 Å². The highest BCUT2D eigenvalue weighted by atomic mass is 16.4. The van der Waals surface area contributed by atoms with Crippen molar-refractivity contribution in [3.05, 3.63) is 23.3 Å². The maximum atomic E-state index is 12.2. The summed E-state index contributed by atoms with van der Waals surface area (Å²) >= 11 is 0. The first-order valence-corrected chi connectivity index (χ1v) is 7.48. The van der Waals surface area contributed by atoms with E-state index in [9.17, 15) is 9.59 Å². The molecule has 1 amide bonds. The van der Waals surface area contributed by atoms with E-state index >= 15 is 0 Å². The smallest absolute Gasteiger partial charge is 0.317 e. The van der Waals surface area contributed by atoms with E-state index in [1.807, 2.05) is 18.7 Å². The van der Waals surface area contributed by atoms with E-state index in [-0.39, 0.29) is 24.5 Å². The van der Waals surface area contributed by atoms with E-state index in [1.54, 1.807) is 13.0 Å². The van der Waals surface area contributed by atoms with Crippen molar-refractivity contribution in [2.24, 2.45) is 0 Å². The molecule has 2 rings (SSSR count). The van der Waals surface area contributed by atoms with Gasteiger partial charge in [-0.15, -0.1) is 0 Å². The highest BCUT2D eigenvalue weighted by Crippen LogP contribution is 2.25. The summed E-state index contributed by atoms with van der Waals surface area (Å²) in [6.45, 7) is 6.28. The lowest BCUT2D eigenvalue weighted by atomic mass is 9.85. The van der Waals surface area contributed by atoms with Crippen molar-refractivity contribution in [3.8, 4) is 0 Å². The summed E-state index contributed by atoms with van der Waals surface area (Å²) in [6, 6.07) is 1.97. The zero-order valence-corrected chi connectivity index (χ0v) is 13.2. The van der Waals surface area contributed by atoms with Crippen molar-refractivity contribution >= 4 is 11.9 Å². The number of carboxylic acids is 1. The highest BCUT2D eigenvalue weighted by Gasteiger charge is 2.34. The fraction of sp³-hybridized carbons (Fsp3) is 0.600. The van der Waals surface area contributed by atoms with Crippen LogP contribution in [0.1, 0.15) is 41.8 Å². The van der Waals surface area contributed by atoms with Gasteiger partial charge in [0.25, 0.3) is 5.91 Å². The molecule has 1 heterocycles. The van der Waals surface area contributed by atoms with Crippen molar-refractivity contribution in [2.75, 3.05) is 13.1 Å². The predicted molar refractivity (Wildman–Crippen MR) is 80.7 cm³/mol. The zero-order valence-electron chi connectivity index (χ0n) is 13.2. The van der Waals surface area contributed by atoms with Crippen LogP contribution < -0.4 is 5.32 Å². The van der Waals surface area contributed by atoms with Crippen molar-refractivity contribution in [1.82, 2.24) is 20.2 Å². The summed E-state index contributed by atoms with van der Waals surface area (Å²) < 4.78 is 0. The van der Waals surface area contributed by atoms with Crippen LogP contribution in [0.25, 0.3) is 0 Å². The number of nitrogens with one attached hydrogen (secondary N) is 1. The van der Waals surface area contributed by atoms with E-state index in [0.29, 0.717) is 18.1 Å². The van der Waals surface area contributed by atoms with E-state index in [2.05, 4.69) is 15.3 Å². The van der Waals surface area contributed by atoms with Gasteiger partial charge in [0.2, 0.25) is 0 Å². The number of carbonyl (C=O) groups is 2. The number of nitrogens with zero attached hydrogens (tertiary/aromatic N) is 3. The van der Waals surface area contributed by atoms with Crippen LogP contribution in [0.15, 0.2) is 6.07 Å². The first-order chi connectivity index (χ1) is 10.4. The lowest BCUT2D eigenvalue weighted by Gasteiger charge is -2.42. The molecular formula is C15H22N4O3. The molecule has 0 saturated heterocycles. The number of likely N-dealkylation sites (N-methyl/N-ethyl adjacent to an activating group) is 1. The molecular weight excluding hydrogens is 284 g/mol. The Balaban J connectivity index is 1.86. The molecule has 0 aliphatic heterocycles. The summed E-state index contributed by atoms with van der Waals surface area (Å²) in [6.07, 6.45) is 1.55. The van der Waals surface area contributed by atoms with Crippen LogP contribution in [0, 0.1) is 13.8 Å². The molecule has 0 radical (unpaired) electrons. The summed E-state index contributed by atoms with van der Waals surface area (Å²) in [5.74, 6) is -0.435. The van der Waals surface area contributed by atoms with Crippen molar-refractivity contribution in [1.29, 1.82) is 0 Å². The van der Waals surface area contributed by atoms with Crippen LogP contribution in [-0.4, -0.2) is 57.0 Å². The average molecular weight is 306 g/mol. The third kappa shape index (κ3) is 4.00. The molecule has 1 aliphatic rings. The Kier molecular flexibility index (Phi) is 5.07. The minimum absolute atomic E-state index is 0.0478. The zero-order chi connectivity index (χ0) is 16.3. The number of hydrogen-bond acceptors (Lipinski definition) is 5. The molecule has 1 aromatic heterocycles. The molecule has 0 spiro atoms. The largest absolute Gasteiger partial charge is 0.480 e. The number of amides is 1. The SMILES string of the molecule is CCN(CC(=O)O)C1CC(NC(=O)c2cc(C)nc(C)n2)C1. The van der Waals surface area contributed by atoms with Crippen LogP contribution in [0.2, 0.25) is 0 Å². The molecule has 1 aliphatic carbocycles. The molecule has 0 bridgehead atoms. The summed E-state index contributed by atoms with van der Waals surface area (Å²) in [7, 11) is 0. The van der Waals surface area contributed by atoms with Gasteiger partial charge in [0, 0.05) is 17.8 Å². The quantitative estimate of drug-likeness (QED) is 0.805. The normalized spacial score (nSPS) is 20.5. The fourth-order valence-electron chi connectivity index (χ4n) is 2.77. The van der Waals surface area contributed by atoms with Gasteiger partial charge in [-0.3, -0.25) is 14.5 Å². The number of carbonyl (C=O) groups excluding carboxylic acids is 1. The second kappa shape index (κ2) is 6.83. The molecule has 2 N–H and O–H groups in total. The van der Waals surface area contributed by atoms with Gasteiger partial charge in [-0.25, -0.2) is 9.97 Å². The number of carboxylic acid groups (broad SMARTS) is 1. The summed E-state index contributed by atoms with van der Waals surface area (Å²) in [5.41, 5.74) is 1.15. The summed E-state index contributed by atoms with van der Waals surface area (Å²) in [5, 5.41) is 11.8. The van der Waals surface area contributed by atoms with Crippen molar-refractivity contribution < 1.29 is 14.7 Å². The van der Waals surface area contributed by atoms with Gasteiger partial charge in [0.05, 0.1) is 6.54 Å². The Morgan fingerprint density at radius 2 is 2.05 bits per heavy atom. The van der Waals surface area contributed by atoms with E-state index < -0.39 is 5.97 Å². The minimum Gasteiger partial charge on any atom is -0.480 e. The molecule has 7 heteroatoms. The van der Waals surface area contributed by atoms with Crippen LogP contribution in [0.5, 0.6) is 0 Å². The van der Waals surface area contributed by atoms with Gasteiger partial charge in [-0.05, 0) is 39.3 Å². The fourth-order valence-corrected chi connectivity index (χ4v) is 2.77. The second-order valence-corrected chi connectivity index (χ2v) is 5.69. The minimum atomic E-state index is -0.818. The Labute approximate surface area is 129 Å². The Bertz CT molecular complexity index is 550. The molecule has 0 unspecified atom stereocenters. The van der Waals surface area contributed by atoms with Crippen LogP contribution in [-0.2, 0) is 4.79 Å². The van der Waals surface area contributed by atoms with Gasteiger partial charge in [0.1, 0.15) is 11.5 Å². The molecule has 22 heavy (non-hydrogen) atoms. The number of aryl methyl sites for hydroxylation is 2. The van der Waals surface area contributed by atoms with Gasteiger partial charge in [0.15, 0.2) is 0 Å². The molecule has 1 aromatic rings. The number of rotatable bonds is 6. The lowest BCUT2D eigenvalue weighted by Crippen LogP contribution is -2.54. The standard InChI is InChI=1S/C15H22N4O3/c1-4-19(8-14(20)21)12-6-11(7-12)18-15(22)13-5-9(2)16-10(3)17-13/h5,11-12H,4,6-8H2,1-3H3,(H,18,22)(H,20,21). The van der Waals surface area contributed by atoms with Gasteiger partial charge < -0.3 is 10.4 Å². The van der Waals surface area contributed by atoms with Crippen LogP contribution >= 0.6 is 0 Å². The van der Waals surface area contributed by atoms with Crippen molar-refractivity contribution in [3.63, 3.8) is 0 Å². The monoisotopic (exact) mass is 306 g/mol. The van der Waals surface area contributed by atoms with E-state index in [4.69, 9.17) is 5.11 Å². The third-order valence-electron chi connectivity index (χ3n) is 3.91. The first kappa shape index (κ1) is 16.4. The lowest BCUT2D eigenvalue weighted by molar-refractivity contribution is -0.139. The molecule has 0 atom stereocenters. The maximum absolute atomic E-state index is 12.2. The Morgan fingerprint density at radius 3 is 2.59 bits per heavy atom. The molecule has 7 nitrogen and oxygen atoms in total. The molecule has 120 valence electrons. The topological polar surface area (TPSA) is 95.4 Å². The van der Waals surface area contributed by atoms with Crippen LogP contribution in [0.3, 0.4) is 0 Å². The van der Waals surface area contributed by atoms with Crippen LogP contribution in [0.4, 0.5) is 0 Å². The molecule has 0 aromatic carbocycles. The predicted octanol–water partition coefficient (Wildman–Crippen LogP) is 0.761. The highest BCUT2D eigenvalue weighted by molar-refractivity contribution is 5.92. The first-order valence-electron chi connectivity index (χ1n) is 7.48. The van der Waals surface area contributed by atoms with Gasteiger partial charge in [-0.2, -0.15) is 0 Å². The second-order valence-electron chi connectivity index (χ2n) is 5.69. The Hall–Kier alpha value is -2.02. The van der Waals surface area contributed by atoms with Gasteiger partial charge >= 0.3 is 5.97 Å². The maximum Gasteiger partial charge on any atom is 0.317 e. The third-order valence-corrected chi connectivity index (χ3v) is 3.91. The Morgan fingerprint density at radius 1 is 1.36 bits per heavy atom. The number of aliphatic carboxylic acids is 1. The van der Waals surface area contributed by atoms with Crippen molar-refractivity contribution in [2.45, 2.75) is 45.7 Å². The molecule has 1 fully saturated rings. The van der Waals surface area contributed by atoms with Gasteiger partial charge in [-0.1, -0.05) is 6.92 Å².